The van der Waals surface area contributed by atoms with E-state index in [0.29, 0.717) is 6.42 Å². The third-order valence-corrected chi connectivity index (χ3v) is 4.26. The average Bonchev–Trinajstić information content (AvgIpc) is 2.83. The predicted molar refractivity (Wildman–Crippen MR) is 75.0 cm³/mol. The van der Waals surface area contributed by atoms with Gasteiger partial charge in [0.1, 0.15) is 0 Å². The van der Waals surface area contributed by atoms with Gasteiger partial charge in [0.25, 0.3) is 5.60 Å². The van der Waals surface area contributed by atoms with Crippen LogP contribution in [0.1, 0.15) is 52.9 Å². The molecule has 0 aliphatic heterocycles. The highest BCUT2D eigenvalue weighted by atomic mass is 16.6. The molecule has 124 valence electrons. The van der Waals surface area contributed by atoms with E-state index in [1.54, 1.807) is 20.8 Å². The van der Waals surface area contributed by atoms with E-state index in [4.69, 9.17) is 9.47 Å². The van der Waals surface area contributed by atoms with Crippen molar-refractivity contribution < 1.29 is 33.8 Å². The maximum absolute atomic E-state index is 12.4. The molecular weight excluding hydrogens is 292 g/mol. The highest BCUT2D eigenvalue weighted by Crippen LogP contribution is 2.36. The van der Waals surface area contributed by atoms with Crippen molar-refractivity contribution in [2.24, 2.45) is 5.41 Å². The van der Waals surface area contributed by atoms with Crippen LogP contribution < -0.4 is 0 Å². The van der Waals surface area contributed by atoms with Gasteiger partial charge in [0.05, 0.1) is 6.61 Å². The molecule has 1 unspecified atom stereocenters. The topological polar surface area (TPSA) is 107 Å². The molecule has 1 saturated carbocycles. The molecular formula is C15H22O7. The Kier molecular flexibility index (Phi) is 5.68. The first-order valence-corrected chi connectivity index (χ1v) is 7.48. The fourth-order valence-electron chi connectivity index (χ4n) is 2.64. The molecule has 0 spiro atoms. The van der Waals surface area contributed by atoms with Crippen LogP contribution in [0.15, 0.2) is 0 Å². The van der Waals surface area contributed by atoms with Crippen LogP contribution in [0.25, 0.3) is 0 Å². The summed E-state index contributed by atoms with van der Waals surface area (Å²) in [4.78, 5) is 48.1. The minimum Gasteiger partial charge on any atom is -0.480 e. The monoisotopic (exact) mass is 314 g/mol. The summed E-state index contributed by atoms with van der Waals surface area (Å²) >= 11 is 0. The standard InChI is InChI=1S/C15H22O7/c1-4-14(5-2,11(17)18)12(19)22-15(13(20)21-6-3)9-7-8-10(15)16/h4-9H2,1-3H3,(H,17,18). The van der Waals surface area contributed by atoms with E-state index in [0.717, 1.165) is 0 Å². The number of carboxylic acid groups (broad SMARTS) is 1. The number of hydrogen-bond acceptors (Lipinski definition) is 6. The maximum atomic E-state index is 12.4. The minimum atomic E-state index is -1.99. The number of carbonyl (C=O) groups excluding carboxylic acids is 3. The first-order chi connectivity index (χ1) is 10.3. The van der Waals surface area contributed by atoms with Crippen LogP contribution in [0.4, 0.5) is 0 Å². The number of aliphatic carboxylic acids is 1. The predicted octanol–water partition coefficient (Wildman–Crippen LogP) is 1.48. The summed E-state index contributed by atoms with van der Waals surface area (Å²) in [6.07, 6.45) is 0.530. The van der Waals surface area contributed by atoms with Crippen molar-refractivity contribution in [3.05, 3.63) is 0 Å². The summed E-state index contributed by atoms with van der Waals surface area (Å²) in [7, 11) is 0. The highest BCUT2D eigenvalue weighted by Gasteiger charge is 2.57. The Bertz CT molecular complexity index is 478. The highest BCUT2D eigenvalue weighted by molar-refractivity contribution is 6.11. The molecule has 1 N–H and O–H groups in total. The van der Waals surface area contributed by atoms with Gasteiger partial charge in [0.15, 0.2) is 11.2 Å². The van der Waals surface area contributed by atoms with E-state index in [9.17, 15) is 24.3 Å². The zero-order chi connectivity index (χ0) is 17.0. The number of rotatable bonds is 7. The molecule has 0 radical (unpaired) electrons. The van der Waals surface area contributed by atoms with Crippen LogP contribution in [0.3, 0.4) is 0 Å². The average molecular weight is 314 g/mol. The molecule has 1 aliphatic carbocycles. The van der Waals surface area contributed by atoms with Crippen molar-refractivity contribution in [3.8, 4) is 0 Å². The van der Waals surface area contributed by atoms with E-state index >= 15 is 0 Å². The normalized spacial score (nSPS) is 21.5. The summed E-state index contributed by atoms with van der Waals surface area (Å²) in [5.41, 5.74) is -3.75. The van der Waals surface area contributed by atoms with Gasteiger partial charge in [-0.25, -0.2) is 4.79 Å². The SMILES string of the molecule is CCOC(=O)C1(OC(=O)C(CC)(CC)C(=O)O)CCCC1=O. The lowest BCUT2D eigenvalue weighted by Gasteiger charge is -2.31. The quantitative estimate of drug-likeness (QED) is 0.560. The van der Waals surface area contributed by atoms with E-state index in [-0.39, 0.29) is 32.3 Å². The lowest BCUT2D eigenvalue weighted by atomic mass is 9.82. The maximum Gasteiger partial charge on any atom is 0.358 e. The molecule has 1 atom stereocenters. The van der Waals surface area contributed by atoms with E-state index in [1.807, 2.05) is 0 Å². The number of Topliss-reactive ketones (excluding diaryl/α,β-unsaturated/α-hetero) is 1. The van der Waals surface area contributed by atoms with Crippen LogP contribution in [-0.4, -0.2) is 41.0 Å². The molecule has 22 heavy (non-hydrogen) atoms. The molecule has 7 nitrogen and oxygen atoms in total. The van der Waals surface area contributed by atoms with Gasteiger partial charge in [0.2, 0.25) is 0 Å². The first-order valence-electron chi connectivity index (χ1n) is 7.48. The second kappa shape index (κ2) is 6.89. The fraction of sp³-hybridized carbons (Fsp3) is 0.733. The molecule has 0 aromatic carbocycles. The fourth-order valence-corrected chi connectivity index (χ4v) is 2.64. The van der Waals surface area contributed by atoms with Gasteiger partial charge in [-0.2, -0.15) is 0 Å². The van der Waals surface area contributed by atoms with Gasteiger partial charge in [-0.05, 0) is 26.2 Å². The van der Waals surface area contributed by atoms with Crippen LogP contribution in [0.5, 0.6) is 0 Å². The largest absolute Gasteiger partial charge is 0.480 e. The lowest BCUT2D eigenvalue weighted by Crippen LogP contribution is -2.52. The third-order valence-electron chi connectivity index (χ3n) is 4.26. The van der Waals surface area contributed by atoms with E-state index < -0.39 is 34.7 Å². The molecule has 0 heterocycles. The molecule has 1 rings (SSSR count). The summed E-state index contributed by atoms with van der Waals surface area (Å²) in [6, 6.07) is 0. The summed E-state index contributed by atoms with van der Waals surface area (Å²) in [5.74, 6) is -3.84. The zero-order valence-electron chi connectivity index (χ0n) is 13.1. The van der Waals surface area contributed by atoms with Gasteiger partial charge in [-0.3, -0.25) is 14.4 Å². The van der Waals surface area contributed by atoms with Gasteiger partial charge in [0, 0.05) is 12.8 Å². The molecule has 0 bridgehead atoms. The van der Waals surface area contributed by atoms with Crippen molar-refractivity contribution in [3.63, 3.8) is 0 Å². The number of ketones is 1. The Morgan fingerprint density at radius 1 is 1.23 bits per heavy atom. The number of hydrogen-bond donors (Lipinski definition) is 1. The van der Waals surface area contributed by atoms with Crippen LogP contribution in [0, 0.1) is 5.41 Å². The summed E-state index contributed by atoms with van der Waals surface area (Å²) in [6.45, 7) is 4.71. The first kappa shape index (κ1) is 18.1. The van der Waals surface area contributed by atoms with Crippen molar-refractivity contribution in [1.82, 2.24) is 0 Å². The number of ether oxygens (including phenoxy) is 2. The van der Waals surface area contributed by atoms with Crippen molar-refractivity contribution >= 4 is 23.7 Å². The summed E-state index contributed by atoms with van der Waals surface area (Å²) in [5, 5.41) is 9.36. The Hall–Kier alpha value is -1.92. The third kappa shape index (κ3) is 2.84. The van der Waals surface area contributed by atoms with Gasteiger partial charge in [-0.15, -0.1) is 0 Å². The van der Waals surface area contributed by atoms with Crippen LogP contribution >= 0.6 is 0 Å². The lowest BCUT2D eigenvalue weighted by molar-refractivity contribution is -0.193. The van der Waals surface area contributed by atoms with E-state index in [1.165, 1.54) is 0 Å². The number of carboxylic acids is 1. The Labute approximate surface area is 129 Å². The molecule has 1 fully saturated rings. The Morgan fingerprint density at radius 2 is 1.82 bits per heavy atom. The summed E-state index contributed by atoms with van der Waals surface area (Å²) < 4.78 is 10.0. The van der Waals surface area contributed by atoms with E-state index in [2.05, 4.69) is 0 Å². The van der Waals surface area contributed by atoms with Crippen molar-refractivity contribution in [2.75, 3.05) is 6.61 Å². The van der Waals surface area contributed by atoms with Gasteiger partial charge < -0.3 is 14.6 Å². The van der Waals surface area contributed by atoms with Crippen molar-refractivity contribution in [1.29, 1.82) is 0 Å². The van der Waals surface area contributed by atoms with Crippen molar-refractivity contribution in [2.45, 2.75) is 58.5 Å². The molecule has 0 aromatic heterocycles. The van der Waals surface area contributed by atoms with Crippen LogP contribution in [-0.2, 0) is 28.7 Å². The number of carbonyl (C=O) groups is 4. The molecule has 0 amide bonds. The zero-order valence-corrected chi connectivity index (χ0v) is 13.1. The molecule has 0 saturated heterocycles. The Balaban J connectivity index is 3.15. The molecule has 1 aliphatic rings. The second-order valence-corrected chi connectivity index (χ2v) is 5.31. The van der Waals surface area contributed by atoms with Crippen LogP contribution in [0.2, 0.25) is 0 Å². The second-order valence-electron chi connectivity index (χ2n) is 5.31. The minimum absolute atomic E-state index is 0.00472. The van der Waals surface area contributed by atoms with Gasteiger partial charge >= 0.3 is 17.9 Å². The van der Waals surface area contributed by atoms with Gasteiger partial charge in [-0.1, -0.05) is 13.8 Å². The molecule has 0 aromatic rings. The molecule has 7 heteroatoms. The number of esters is 2. The smallest absolute Gasteiger partial charge is 0.358 e. The Morgan fingerprint density at radius 3 is 2.18 bits per heavy atom.